The van der Waals surface area contributed by atoms with Gasteiger partial charge in [0, 0.05) is 0 Å². The second-order valence-corrected chi connectivity index (χ2v) is 12.8. The Bertz CT molecular complexity index is 307. The Hall–Kier alpha value is 0.951. The van der Waals surface area contributed by atoms with Crippen LogP contribution >= 0.6 is 0 Å². The van der Waals surface area contributed by atoms with Crippen LogP contribution in [-0.2, 0) is 21.7 Å². The van der Waals surface area contributed by atoms with Crippen LogP contribution in [0.3, 0.4) is 0 Å². The molecule has 1 radical (unpaired) electrons. The summed E-state index contributed by atoms with van der Waals surface area (Å²) in [5.41, 5.74) is 6.69. The number of hydrogen-bond donors (Lipinski definition) is 0. The summed E-state index contributed by atoms with van der Waals surface area (Å²) in [6.45, 7) is 17.6. The molecule has 0 saturated carbocycles. The van der Waals surface area contributed by atoms with Crippen LogP contribution in [0.25, 0.3) is 5.73 Å². The van der Waals surface area contributed by atoms with Crippen molar-refractivity contribution in [3.63, 3.8) is 0 Å². The van der Waals surface area contributed by atoms with E-state index in [1.807, 2.05) is 20.8 Å². The third kappa shape index (κ3) is 11.6. The van der Waals surface area contributed by atoms with Crippen LogP contribution in [0.1, 0.15) is 48.0 Å². The SMILES string of the molecule is CC(C)(C)[NH-].CC(C)(C)[Si](C)(C)C1=CC=CC1.[Cl-].[Cl-].[Ti+3]. The molecule has 1 aliphatic carbocycles. The minimum absolute atomic E-state index is 0. The molecular formula is C15H30Cl2NSiTi. The predicted molar refractivity (Wildman–Crippen MR) is 83.1 cm³/mol. The van der Waals surface area contributed by atoms with E-state index in [0.717, 1.165) is 0 Å². The standard InChI is InChI=1S/C11H20Si.C4H10N.2ClH.Ti/c1-11(2,3)12(4,5)10-8-6-7-9-10;1-4(2,3)5;;;/h6-8H,9H2,1-5H3;5H,1-3H3;2*1H;/q;-1;;;+3/p-2. The first-order valence-corrected chi connectivity index (χ1v) is 9.47. The van der Waals surface area contributed by atoms with Gasteiger partial charge in [0.25, 0.3) is 0 Å². The van der Waals surface area contributed by atoms with Gasteiger partial charge in [-0.3, -0.25) is 0 Å². The Morgan fingerprint density at radius 3 is 1.55 bits per heavy atom. The molecular weight excluding hydrogens is 341 g/mol. The van der Waals surface area contributed by atoms with Gasteiger partial charge in [-0.25, -0.2) is 0 Å². The van der Waals surface area contributed by atoms with E-state index < -0.39 is 8.07 Å². The summed E-state index contributed by atoms with van der Waals surface area (Å²) < 4.78 is 0. The minimum Gasteiger partial charge on any atom is -1.00 e. The quantitative estimate of drug-likeness (QED) is 0.569. The monoisotopic (exact) mass is 370 g/mol. The van der Waals surface area contributed by atoms with Gasteiger partial charge in [-0.15, -0.1) is 5.54 Å². The molecule has 20 heavy (non-hydrogen) atoms. The Kier molecular flexibility index (Phi) is 15.4. The Labute approximate surface area is 155 Å². The van der Waals surface area contributed by atoms with Gasteiger partial charge < -0.3 is 30.5 Å². The smallest absolute Gasteiger partial charge is 1.00 e. The number of halogens is 2. The van der Waals surface area contributed by atoms with E-state index in [2.05, 4.69) is 52.1 Å². The van der Waals surface area contributed by atoms with Crippen molar-refractivity contribution >= 4 is 8.07 Å². The molecule has 0 saturated heterocycles. The fraction of sp³-hybridized carbons (Fsp3) is 0.733. The topological polar surface area (TPSA) is 23.8 Å². The predicted octanol–water partition coefficient (Wildman–Crippen LogP) is -0.237. The van der Waals surface area contributed by atoms with E-state index in [4.69, 9.17) is 5.73 Å². The molecule has 0 unspecified atom stereocenters. The van der Waals surface area contributed by atoms with Crippen molar-refractivity contribution in [2.45, 2.75) is 71.6 Å². The zero-order valence-electron chi connectivity index (χ0n) is 14.2. The summed E-state index contributed by atoms with van der Waals surface area (Å²) in [6.07, 6.45) is 8.01. The summed E-state index contributed by atoms with van der Waals surface area (Å²) in [7, 11) is -1.17. The van der Waals surface area contributed by atoms with E-state index in [9.17, 15) is 0 Å². The molecule has 117 valence electrons. The summed E-state index contributed by atoms with van der Waals surface area (Å²) in [5, 5.41) is 2.19. The van der Waals surface area contributed by atoms with Crippen molar-refractivity contribution in [3.05, 3.63) is 29.2 Å². The first kappa shape index (κ1) is 29.0. The summed E-state index contributed by atoms with van der Waals surface area (Å²) >= 11 is 0. The van der Waals surface area contributed by atoms with Crippen molar-refractivity contribution in [2.24, 2.45) is 0 Å². The van der Waals surface area contributed by atoms with Crippen LogP contribution in [0.4, 0.5) is 0 Å². The molecule has 0 aromatic carbocycles. The van der Waals surface area contributed by atoms with E-state index in [1.165, 1.54) is 6.42 Å². The van der Waals surface area contributed by atoms with Crippen LogP contribution in [0.5, 0.6) is 0 Å². The van der Waals surface area contributed by atoms with Crippen LogP contribution < -0.4 is 24.8 Å². The second kappa shape index (κ2) is 10.6. The molecule has 0 atom stereocenters. The van der Waals surface area contributed by atoms with Gasteiger partial charge >= 0.3 is 21.7 Å². The Morgan fingerprint density at radius 2 is 1.35 bits per heavy atom. The maximum atomic E-state index is 6.94. The van der Waals surface area contributed by atoms with Crippen molar-refractivity contribution in [3.8, 4) is 0 Å². The zero-order valence-corrected chi connectivity index (χ0v) is 18.3. The third-order valence-electron chi connectivity index (χ3n) is 3.45. The maximum absolute atomic E-state index is 6.94. The second-order valence-electron chi connectivity index (χ2n) is 7.45. The molecule has 1 nitrogen and oxygen atoms in total. The number of nitrogens with one attached hydrogen (secondary N) is 1. The average Bonchev–Trinajstić information content (AvgIpc) is 2.49. The molecule has 1 N–H and O–H groups in total. The number of allylic oxidation sites excluding steroid dienone is 4. The van der Waals surface area contributed by atoms with Gasteiger partial charge in [-0.1, -0.05) is 78.1 Å². The van der Waals surface area contributed by atoms with E-state index >= 15 is 0 Å². The van der Waals surface area contributed by atoms with E-state index in [0.29, 0.717) is 5.04 Å². The van der Waals surface area contributed by atoms with Gasteiger partial charge in [-0.2, -0.15) is 0 Å². The van der Waals surface area contributed by atoms with E-state index in [1.54, 1.807) is 5.20 Å². The average molecular weight is 371 g/mol. The maximum Gasteiger partial charge on any atom is 3.00 e. The summed E-state index contributed by atoms with van der Waals surface area (Å²) in [6, 6.07) is 0. The zero-order chi connectivity index (χ0) is 13.9. The number of hydrogen-bond acceptors (Lipinski definition) is 0. The molecule has 0 aromatic rings. The Morgan fingerprint density at radius 1 is 1.00 bits per heavy atom. The fourth-order valence-electron chi connectivity index (χ4n) is 1.39. The third-order valence-corrected chi connectivity index (χ3v) is 9.18. The van der Waals surface area contributed by atoms with Crippen molar-refractivity contribution in [2.75, 3.05) is 0 Å². The van der Waals surface area contributed by atoms with Gasteiger partial charge in [0.1, 0.15) is 0 Å². The van der Waals surface area contributed by atoms with Gasteiger partial charge in [-0.05, 0) is 11.5 Å². The molecule has 0 fully saturated rings. The molecule has 0 heterocycles. The molecule has 0 aliphatic heterocycles. The van der Waals surface area contributed by atoms with Crippen molar-refractivity contribution in [1.29, 1.82) is 0 Å². The summed E-state index contributed by atoms with van der Waals surface area (Å²) in [5.74, 6) is 0. The normalized spacial score (nSPS) is 13.9. The van der Waals surface area contributed by atoms with Gasteiger partial charge in [0.2, 0.25) is 0 Å². The Balaban J connectivity index is -0.000000141. The molecule has 0 amide bonds. The fourth-order valence-corrected chi connectivity index (χ4v) is 3.50. The van der Waals surface area contributed by atoms with Crippen LogP contribution in [0.15, 0.2) is 23.4 Å². The van der Waals surface area contributed by atoms with Crippen molar-refractivity contribution < 1.29 is 46.5 Å². The first-order valence-electron chi connectivity index (χ1n) is 6.47. The number of rotatable bonds is 1. The van der Waals surface area contributed by atoms with Crippen LogP contribution in [0, 0.1) is 0 Å². The van der Waals surface area contributed by atoms with Crippen LogP contribution in [0.2, 0.25) is 18.1 Å². The molecule has 0 bridgehead atoms. The van der Waals surface area contributed by atoms with E-state index in [-0.39, 0.29) is 52.1 Å². The molecule has 0 spiro atoms. The minimum atomic E-state index is -1.17. The molecule has 5 heteroatoms. The molecule has 0 aromatic heterocycles. The summed E-state index contributed by atoms with van der Waals surface area (Å²) in [4.78, 5) is 0. The molecule has 1 rings (SSSR count). The van der Waals surface area contributed by atoms with Gasteiger partial charge in [0.05, 0.1) is 8.07 Å². The van der Waals surface area contributed by atoms with Crippen molar-refractivity contribution in [1.82, 2.24) is 0 Å². The van der Waals surface area contributed by atoms with Gasteiger partial charge in [0.15, 0.2) is 0 Å². The largest absolute Gasteiger partial charge is 3.00 e. The van der Waals surface area contributed by atoms with Crippen LogP contribution in [-0.4, -0.2) is 13.6 Å². The first-order chi connectivity index (χ1) is 7.36. The molecule has 1 aliphatic rings.